The van der Waals surface area contributed by atoms with Gasteiger partial charge in [0.25, 0.3) is 5.91 Å². The number of carbonyl (C=O) groups excluding carboxylic acids is 2. The quantitative estimate of drug-likeness (QED) is 0.572. The highest BCUT2D eigenvalue weighted by Gasteiger charge is 2.47. The Morgan fingerprint density at radius 3 is 2.49 bits per heavy atom. The molecule has 1 N–H and O–H groups in total. The Morgan fingerprint density at radius 1 is 1.03 bits per heavy atom. The molecule has 1 saturated heterocycles. The summed E-state index contributed by atoms with van der Waals surface area (Å²) < 4.78 is 28.9. The predicted molar refractivity (Wildman–Crippen MR) is 128 cm³/mol. The van der Waals surface area contributed by atoms with E-state index in [1.54, 1.807) is 14.2 Å². The minimum atomic E-state index is -0.681. The first-order chi connectivity index (χ1) is 17.1. The molecule has 0 bridgehead atoms. The van der Waals surface area contributed by atoms with Crippen LogP contribution >= 0.6 is 0 Å². The third-order valence-corrected chi connectivity index (χ3v) is 7.32. The monoisotopic (exact) mass is 481 g/mol. The minimum Gasteiger partial charge on any atom is -0.493 e. The second kappa shape index (κ2) is 9.77. The molecule has 0 unspecified atom stereocenters. The van der Waals surface area contributed by atoms with Crippen LogP contribution in [-0.4, -0.2) is 52.0 Å². The van der Waals surface area contributed by atoms with Gasteiger partial charge in [-0.3, -0.25) is 9.59 Å². The summed E-state index contributed by atoms with van der Waals surface area (Å²) in [6.07, 6.45) is 3.73. The molecule has 2 aliphatic heterocycles. The average molecular weight is 482 g/mol. The first-order valence-electron chi connectivity index (χ1n) is 12.1. The summed E-state index contributed by atoms with van der Waals surface area (Å²) in [5, 5.41) is 2.89. The van der Waals surface area contributed by atoms with E-state index in [1.807, 2.05) is 30.3 Å². The predicted octanol–water partition coefficient (Wildman–Crippen LogP) is 3.89. The van der Waals surface area contributed by atoms with Gasteiger partial charge in [0.1, 0.15) is 18.1 Å². The highest BCUT2D eigenvalue weighted by Crippen LogP contribution is 2.49. The molecular weight excluding hydrogens is 450 g/mol. The van der Waals surface area contributed by atoms with Gasteiger partial charge < -0.3 is 29.0 Å². The molecular formula is C27H31NO7. The number of ether oxygens (including phenoxy) is 5. The summed E-state index contributed by atoms with van der Waals surface area (Å²) in [6, 6.07) is 9.37. The topological polar surface area (TPSA) is 92.3 Å². The lowest BCUT2D eigenvalue weighted by atomic mass is 9.69. The summed E-state index contributed by atoms with van der Waals surface area (Å²) in [7, 11) is 3.14. The van der Waals surface area contributed by atoms with Crippen molar-refractivity contribution >= 4 is 11.9 Å². The molecule has 0 aromatic heterocycles. The molecule has 0 atom stereocenters. The fourth-order valence-corrected chi connectivity index (χ4v) is 5.05. The fourth-order valence-electron chi connectivity index (χ4n) is 5.05. The smallest absolute Gasteiger partial charge is 0.315 e. The van der Waals surface area contributed by atoms with Crippen LogP contribution in [0.5, 0.6) is 17.2 Å². The number of fused-ring (bicyclic) bond motifs is 1. The number of nitrogens with one attached hydrogen (secondary N) is 1. The van der Waals surface area contributed by atoms with Gasteiger partial charge >= 0.3 is 5.97 Å². The Balaban J connectivity index is 1.46. The van der Waals surface area contributed by atoms with Gasteiger partial charge in [-0.2, -0.15) is 0 Å². The fraction of sp³-hybridized carbons (Fsp3) is 0.481. The summed E-state index contributed by atoms with van der Waals surface area (Å²) in [5.74, 6) is 1.18. The van der Waals surface area contributed by atoms with Crippen molar-refractivity contribution < 1.29 is 33.3 Å². The van der Waals surface area contributed by atoms with Gasteiger partial charge in [0.2, 0.25) is 5.75 Å². The van der Waals surface area contributed by atoms with Crippen molar-refractivity contribution in [2.75, 3.05) is 34.0 Å². The van der Waals surface area contributed by atoms with Crippen LogP contribution in [0, 0.1) is 5.41 Å². The van der Waals surface area contributed by atoms with E-state index in [0.717, 1.165) is 48.8 Å². The second-order valence-corrected chi connectivity index (χ2v) is 9.33. The van der Waals surface area contributed by atoms with Gasteiger partial charge in [0.05, 0.1) is 27.4 Å². The third-order valence-electron chi connectivity index (χ3n) is 7.32. The Bertz CT molecular complexity index is 1120. The van der Waals surface area contributed by atoms with E-state index in [2.05, 4.69) is 5.32 Å². The molecule has 2 aromatic rings. The molecule has 2 fully saturated rings. The van der Waals surface area contributed by atoms with Crippen molar-refractivity contribution in [3.63, 3.8) is 0 Å². The Morgan fingerprint density at radius 2 is 1.80 bits per heavy atom. The van der Waals surface area contributed by atoms with Crippen molar-refractivity contribution in [3.8, 4) is 28.4 Å². The van der Waals surface area contributed by atoms with Crippen molar-refractivity contribution in [2.24, 2.45) is 5.41 Å². The zero-order valence-electron chi connectivity index (χ0n) is 20.2. The van der Waals surface area contributed by atoms with E-state index in [1.165, 1.54) is 0 Å². The first-order valence-corrected chi connectivity index (χ1v) is 12.1. The summed E-state index contributed by atoms with van der Waals surface area (Å²) >= 11 is 0. The average Bonchev–Trinajstić information content (AvgIpc) is 3.24. The largest absolute Gasteiger partial charge is 0.493 e. The van der Waals surface area contributed by atoms with Gasteiger partial charge in [-0.25, -0.2) is 0 Å². The summed E-state index contributed by atoms with van der Waals surface area (Å²) in [4.78, 5) is 25.5. The lowest BCUT2D eigenvalue weighted by molar-refractivity contribution is -0.174. The summed E-state index contributed by atoms with van der Waals surface area (Å²) in [6.45, 7) is 1.85. The van der Waals surface area contributed by atoms with Gasteiger partial charge in [-0.1, -0.05) is 18.6 Å². The normalized spacial score (nSPS) is 18.7. The van der Waals surface area contributed by atoms with Crippen LogP contribution in [0.25, 0.3) is 11.1 Å². The maximum atomic E-state index is 13.2. The number of carbonyl (C=O) groups is 2. The molecule has 1 aliphatic carbocycles. The van der Waals surface area contributed by atoms with Gasteiger partial charge in [-0.15, -0.1) is 0 Å². The highest BCUT2D eigenvalue weighted by atomic mass is 16.6. The van der Waals surface area contributed by atoms with Gasteiger partial charge in [-0.05, 0) is 42.2 Å². The zero-order chi connectivity index (χ0) is 24.4. The number of rotatable bonds is 8. The summed E-state index contributed by atoms with van der Waals surface area (Å²) in [5.41, 5.74) is 2.54. The molecule has 0 spiro atoms. The molecule has 2 heterocycles. The maximum Gasteiger partial charge on any atom is 0.315 e. The van der Waals surface area contributed by atoms with E-state index >= 15 is 0 Å². The van der Waals surface area contributed by atoms with Gasteiger partial charge in [0.15, 0.2) is 11.5 Å². The van der Waals surface area contributed by atoms with Crippen LogP contribution < -0.4 is 19.5 Å². The van der Waals surface area contributed by atoms with Crippen LogP contribution in [0.4, 0.5) is 0 Å². The minimum absolute atomic E-state index is 0.0888. The zero-order valence-corrected chi connectivity index (χ0v) is 20.2. The van der Waals surface area contributed by atoms with Crippen LogP contribution in [-0.2, 0) is 20.8 Å². The maximum absolute atomic E-state index is 13.2. The van der Waals surface area contributed by atoms with E-state index in [4.69, 9.17) is 23.7 Å². The molecule has 0 radical (unpaired) electrons. The third kappa shape index (κ3) is 4.31. The standard InChI is InChI=1S/C27H31NO7/c1-31-22-8-7-19(18-5-3-6-20-21(18)15-28-25(20)29)23(24(22)32-2)34-16-27(11-4-12-27)26(30)35-17-9-13-33-14-10-17/h3,5-8,17H,4,9-16H2,1-2H3,(H,28,29). The number of amides is 1. The molecule has 3 aliphatic rings. The number of hydrogen-bond donors (Lipinski definition) is 1. The number of hydrogen-bond acceptors (Lipinski definition) is 7. The molecule has 5 rings (SSSR count). The van der Waals surface area contributed by atoms with Crippen molar-refractivity contribution in [2.45, 2.75) is 44.8 Å². The molecule has 8 heteroatoms. The van der Waals surface area contributed by atoms with E-state index in [9.17, 15) is 9.59 Å². The molecule has 186 valence electrons. The second-order valence-electron chi connectivity index (χ2n) is 9.33. The van der Waals surface area contributed by atoms with Crippen molar-refractivity contribution in [1.82, 2.24) is 5.32 Å². The van der Waals surface area contributed by atoms with Crippen LogP contribution in [0.1, 0.15) is 48.0 Å². The number of esters is 1. The van der Waals surface area contributed by atoms with Crippen molar-refractivity contribution in [3.05, 3.63) is 41.5 Å². The highest BCUT2D eigenvalue weighted by molar-refractivity contribution is 6.01. The Kier molecular flexibility index (Phi) is 6.56. The molecule has 35 heavy (non-hydrogen) atoms. The van der Waals surface area contributed by atoms with E-state index in [0.29, 0.717) is 42.6 Å². The van der Waals surface area contributed by atoms with Crippen molar-refractivity contribution in [1.29, 1.82) is 0 Å². The Labute approximate surface area is 204 Å². The first kappa shape index (κ1) is 23.5. The Hall–Kier alpha value is -3.26. The van der Waals surface area contributed by atoms with E-state index < -0.39 is 5.41 Å². The number of benzene rings is 2. The van der Waals surface area contributed by atoms with E-state index in [-0.39, 0.29) is 24.6 Å². The van der Waals surface area contributed by atoms with Gasteiger partial charge in [0, 0.05) is 30.5 Å². The lowest BCUT2D eigenvalue weighted by Crippen LogP contribution is -2.46. The number of methoxy groups -OCH3 is 2. The van der Waals surface area contributed by atoms with Crippen LogP contribution in [0.15, 0.2) is 30.3 Å². The van der Waals surface area contributed by atoms with Crippen LogP contribution in [0.2, 0.25) is 0 Å². The SMILES string of the molecule is COc1ccc(-c2cccc3c2CNC3=O)c(OCC2(C(=O)OC3CCOCC3)CCC2)c1OC. The molecule has 2 aromatic carbocycles. The van der Waals surface area contributed by atoms with Crippen LogP contribution in [0.3, 0.4) is 0 Å². The molecule has 1 amide bonds. The molecule has 1 saturated carbocycles. The lowest BCUT2D eigenvalue weighted by Gasteiger charge is -2.40. The molecule has 8 nitrogen and oxygen atoms in total.